The zero-order valence-corrected chi connectivity index (χ0v) is 8.98. The SMILES string of the molecule is CC(=O)C1CCN(Cc2ccno2)CC1. The van der Waals surface area contributed by atoms with E-state index in [9.17, 15) is 4.79 Å². The number of ketones is 1. The third kappa shape index (κ3) is 2.65. The molecule has 4 nitrogen and oxygen atoms in total. The first-order valence-electron chi connectivity index (χ1n) is 5.38. The van der Waals surface area contributed by atoms with Crippen molar-refractivity contribution in [3.05, 3.63) is 18.0 Å². The molecule has 0 saturated carbocycles. The molecule has 0 aromatic carbocycles. The van der Waals surface area contributed by atoms with Gasteiger partial charge in [0, 0.05) is 12.0 Å². The van der Waals surface area contributed by atoms with E-state index in [2.05, 4.69) is 10.1 Å². The molecule has 15 heavy (non-hydrogen) atoms. The Morgan fingerprint density at radius 3 is 2.87 bits per heavy atom. The molecule has 2 rings (SSSR count). The fourth-order valence-electron chi connectivity index (χ4n) is 2.04. The molecule has 82 valence electrons. The van der Waals surface area contributed by atoms with Crippen LogP contribution in [0.2, 0.25) is 0 Å². The molecule has 4 heteroatoms. The van der Waals surface area contributed by atoms with Crippen LogP contribution in [-0.4, -0.2) is 28.9 Å². The molecule has 1 aromatic heterocycles. The van der Waals surface area contributed by atoms with Gasteiger partial charge in [-0.25, -0.2) is 0 Å². The predicted octanol–water partition coefficient (Wildman–Crippen LogP) is 1.48. The quantitative estimate of drug-likeness (QED) is 0.754. The summed E-state index contributed by atoms with van der Waals surface area (Å²) in [7, 11) is 0. The highest BCUT2D eigenvalue weighted by atomic mass is 16.5. The van der Waals surface area contributed by atoms with E-state index in [0.29, 0.717) is 5.78 Å². The molecule has 0 unspecified atom stereocenters. The lowest BCUT2D eigenvalue weighted by atomic mass is 9.93. The van der Waals surface area contributed by atoms with Crippen molar-refractivity contribution in [2.45, 2.75) is 26.3 Å². The fraction of sp³-hybridized carbons (Fsp3) is 0.636. The highest BCUT2D eigenvalue weighted by molar-refractivity contribution is 5.78. The average molecular weight is 208 g/mol. The highest BCUT2D eigenvalue weighted by Crippen LogP contribution is 2.19. The van der Waals surface area contributed by atoms with Gasteiger partial charge in [-0.3, -0.25) is 9.69 Å². The van der Waals surface area contributed by atoms with Gasteiger partial charge in [-0.2, -0.15) is 0 Å². The van der Waals surface area contributed by atoms with Gasteiger partial charge in [0.05, 0.1) is 12.7 Å². The summed E-state index contributed by atoms with van der Waals surface area (Å²) in [6.07, 6.45) is 3.62. The van der Waals surface area contributed by atoms with E-state index in [-0.39, 0.29) is 5.92 Å². The van der Waals surface area contributed by atoms with Crippen molar-refractivity contribution in [2.75, 3.05) is 13.1 Å². The van der Waals surface area contributed by atoms with E-state index >= 15 is 0 Å². The summed E-state index contributed by atoms with van der Waals surface area (Å²) in [5.41, 5.74) is 0. The van der Waals surface area contributed by atoms with Gasteiger partial charge in [-0.1, -0.05) is 5.16 Å². The number of piperidine rings is 1. The maximum absolute atomic E-state index is 11.2. The second-order valence-corrected chi connectivity index (χ2v) is 4.14. The Morgan fingerprint density at radius 2 is 2.33 bits per heavy atom. The summed E-state index contributed by atoms with van der Waals surface area (Å²) >= 11 is 0. The molecule has 0 spiro atoms. The molecule has 0 amide bonds. The van der Waals surface area contributed by atoms with Crippen LogP contribution in [-0.2, 0) is 11.3 Å². The summed E-state index contributed by atoms with van der Waals surface area (Å²) < 4.78 is 5.05. The lowest BCUT2D eigenvalue weighted by Gasteiger charge is -2.29. The Hall–Kier alpha value is -1.16. The van der Waals surface area contributed by atoms with E-state index in [1.807, 2.05) is 6.07 Å². The number of nitrogens with zero attached hydrogens (tertiary/aromatic N) is 2. The van der Waals surface area contributed by atoms with E-state index in [0.717, 1.165) is 38.2 Å². The molecule has 0 radical (unpaired) electrons. The van der Waals surface area contributed by atoms with Crippen LogP contribution >= 0.6 is 0 Å². The van der Waals surface area contributed by atoms with Crippen molar-refractivity contribution >= 4 is 5.78 Å². The molecule has 1 aromatic rings. The van der Waals surface area contributed by atoms with Gasteiger partial charge in [0.2, 0.25) is 0 Å². The third-order valence-corrected chi connectivity index (χ3v) is 3.03. The van der Waals surface area contributed by atoms with Gasteiger partial charge in [0.15, 0.2) is 5.76 Å². The Bertz CT molecular complexity index is 313. The van der Waals surface area contributed by atoms with Crippen molar-refractivity contribution in [1.82, 2.24) is 10.1 Å². The lowest BCUT2D eigenvalue weighted by molar-refractivity contribution is -0.122. The number of carbonyl (C=O) groups is 1. The molecule has 0 bridgehead atoms. The molecule has 1 aliphatic heterocycles. The molecule has 1 fully saturated rings. The number of hydrogen-bond acceptors (Lipinski definition) is 4. The largest absolute Gasteiger partial charge is 0.360 e. The van der Waals surface area contributed by atoms with E-state index in [4.69, 9.17) is 4.52 Å². The third-order valence-electron chi connectivity index (χ3n) is 3.03. The van der Waals surface area contributed by atoms with Gasteiger partial charge in [0.25, 0.3) is 0 Å². The molecular formula is C11H16N2O2. The van der Waals surface area contributed by atoms with E-state index < -0.39 is 0 Å². The molecule has 1 saturated heterocycles. The van der Waals surface area contributed by atoms with Crippen LogP contribution in [0.15, 0.2) is 16.8 Å². The van der Waals surface area contributed by atoms with Crippen LogP contribution in [0, 0.1) is 5.92 Å². The average Bonchev–Trinajstić information content (AvgIpc) is 2.71. The first-order chi connectivity index (χ1) is 7.25. The summed E-state index contributed by atoms with van der Waals surface area (Å²) in [5.74, 6) is 1.50. The highest BCUT2D eigenvalue weighted by Gasteiger charge is 2.22. The van der Waals surface area contributed by atoms with Crippen LogP contribution < -0.4 is 0 Å². The van der Waals surface area contributed by atoms with Gasteiger partial charge < -0.3 is 4.52 Å². The number of rotatable bonds is 3. The minimum atomic E-state index is 0.274. The maximum atomic E-state index is 11.2. The number of aromatic nitrogens is 1. The van der Waals surface area contributed by atoms with Crippen molar-refractivity contribution in [1.29, 1.82) is 0 Å². The topological polar surface area (TPSA) is 46.3 Å². The second-order valence-electron chi connectivity index (χ2n) is 4.14. The zero-order valence-electron chi connectivity index (χ0n) is 8.98. The van der Waals surface area contributed by atoms with Gasteiger partial charge >= 0.3 is 0 Å². The zero-order chi connectivity index (χ0) is 10.7. The van der Waals surface area contributed by atoms with Crippen molar-refractivity contribution < 1.29 is 9.32 Å². The van der Waals surface area contributed by atoms with Crippen LogP contribution in [0.4, 0.5) is 0 Å². The second kappa shape index (κ2) is 4.57. The number of Topliss-reactive ketones (excluding diaryl/α,β-unsaturated/α-hetero) is 1. The van der Waals surface area contributed by atoms with Crippen LogP contribution in [0.3, 0.4) is 0 Å². The number of hydrogen-bond donors (Lipinski definition) is 0. The first-order valence-corrected chi connectivity index (χ1v) is 5.38. The predicted molar refractivity (Wildman–Crippen MR) is 55.2 cm³/mol. The fourth-order valence-corrected chi connectivity index (χ4v) is 2.04. The van der Waals surface area contributed by atoms with Gasteiger partial charge in [-0.15, -0.1) is 0 Å². The smallest absolute Gasteiger partial charge is 0.150 e. The minimum absolute atomic E-state index is 0.274. The Balaban J connectivity index is 1.81. The lowest BCUT2D eigenvalue weighted by Crippen LogP contribution is -2.35. The van der Waals surface area contributed by atoms with Crippen molar-refractivity contribution in [3.8, 4) is 0 Å². The number of carbonyl (C=O) groups excluding carboxylic acids is 1. The molecular weight excluding hydrogens is 192 g/mol. The van der Waals surface area contributed by atoms with Gasteiger partial charge in [-0.05, 0) is 32.9 Å². The standard InChI is InChI=1S/C11H16N2O2/c1-9(14)10-3-6-13(7-4-10)8-11-2-5-12-15-11/h2,5,10H,3-4,6-8H2,1H3. The summed E-state index contributed by atoms with van der Waals surface area (Å²) in [6, 6.07) is 1.89. The van der Waals surface area contributed by atoms with Crippen LogP contribution in [0.25, 0.3) is 0 Å². The molecule has 1 aliphatic rings. The molecule has 0 atom stereocenters. The number of likely N-dealkylation sites (tertiary alicyclic amines) is 1. The van der Waals surface area contributed by atoms with Gasteiger partial charge in [0.1, 0.15) is 5.78 Å². The van der Waals surface area contributed by atoms with Crippen molar-refractivity contribution in [2.24, 2.45) is 5.92 Å². The van der Waals surface area contributed by atoms with E-state index in [1.54, 1.807) is 13.1 Å². The van der Waals surface area contributed by atoms with Crippen LogP contribution in [0.5, 0.6) is 0 Å². The maximum Gasteiger partial charge on any atom is 0.150 e. The minimum Gasteiger partial charge on any atom is -0.360 e. The van der Waals surface area contributed by atoms with E-state index in [1.165, 1.54) is 0 Å². The summed E-state index contributed by atoms with van der Waals surface area (Å²) in [6.45, 7) is 4.46. The Labute approximate surface area is 89.2 Å². The molecule has 2 heterocycles. The summed E-state index contributed by atoms with van der Waals surface area (Å²) in [4.78, 5) is 13.5. The molecule has 0 N–H and O–H groups in total. The van der Waals surface area contributed by atoms with Crippen LogP contribution in [0.1, 0.15) is 25.5 Å². The molecule has 0 aliphatic carbocycles. The normalized spacial score (nSPS) is 19.3. The first kappa shape index (κ1) is 10.4. The Kier molecular flexibility index (Phi) is 3.16. The monoisotopic (exact) mass is 208 g/mol. The summed E-state index contributed by atoms with van der Waals surface area (Å²) in [5, 5.41) is 3.68. The Morgan fingerprint density at radius 1 is 1.60 bits per heavy atom. The van der Waals surface area contributed by atoms with Crippen molar-refractivity contribution in [3.63, 3.8) is 0 Å².